The molecule has 0 saturated carbocycles. The molecule has 0 spiro atoms. The van der Waals surface area contributed by atoms with E-state index in [0.29, 0.717) is 5.02 Å². The highest BCUT2D eigenvalue weighted by Gasteiger charge is 2.14. The van der Waals surface area contributed by atoms with Gasteiger partial charge in [0.05, 0.1) is 10.8 Å². The van der Waals surface area contributed by atoms with Gasteiger partial charge in [-0.3, -0.25) is 0 Å². The van der Waals surface area contributed by atoms with Crippen molar-refractivity contribution in [1.82, 2.24) is 19.8 Å². The zero-order valence-electron chi connectivity index (χ0n) is 11.9. The Kier molecular flexibility index (Phi) is 4.03. The SMILES string of the molecule is Clc1ccccc1-c1nn2c(CSc3ccccc3)nnc2s1. The third-order valence-corrected chi connectivity index (χ3v) is 5.54. The van der Waals surface area contributed by atoms with Gasteiger partial charge in [-0.1, -0.05) is 59.3 Å². The first kappa shape index (κ1) is 14.7. The van der Waals surface area contributed by atoms with E-state index >= 15 is 0 Å². The topological polar surface area (TPSA) is 43.1 Å². The first-order valence-electron chi connectivity index (χ1n) is 6.95. The smallest absolute Gasteiger partial charge is 0.186 e. The molecule has 4 aromatic rings. The van der Waals surface area contributed by atoms with Gasteiger partial charge in [-0.2, -0.15) is 9.61 Å². The first-order valence-corrected chi connectivity index (χ1v) is 9.13. The van der Waals surface area contributed by atoms with Crippen molar-refractivity contribution >= 4 is 39.7 Å². The van der Waals surface area contributed by atoms with Gasteiger partial charge in [0.15, 0.2) is 5.82 Å². The third kappa shape index (κ3) is 2.97. The molecular formula is C16H11ClN4S2. The molecule has 2 aromatic carbocycles. The maximum Gasteiger partial charge on any atom is 0.235 e. The second-order valence-corrected chi connectivity index (χ2v) is 7.21. The van der Waals surface area contributed by atoms with Crippen molar-refractivity contribution in [1.29, 1.82) is 0 Å². The van der Waals surface area contributed by atoms with Crippen molar-refractivity contribution in [2.45, 2.75) is 10.6 Å². The Morgan fingerprint density at radius 1 is 1.00 bits per heavy atom. The highest BCUT2D eigenvalue weighted by molar-refractivity contribution is 7.98. The number of fused-ring (bicyclic) bond motifs is 1. The molecule has 0 unspecified atom stereocenters. The Balaban J connectivity index is 1.63. The zero-order chi connectivity index (χ0) is 15.6. The van der Waals surface area contributed by atoms with E-state index in [-0.39, 0.29) is 0 Å². The lowest BCUT2D eigenvalue weighted by atomic mass is 10.2. The maximum absolute atomic E-state index is 6.25. The zero-order valence-corrected chi connectivity index (χ0v) is 14.3. The lowest BCUT2D eigenvalue weighted by molar-refractivity contribution is 0.887. The van der Waals surface area contributed by atoms with Crippen LogP contribution in [-0.4, -0.2) is 19.8 Å². The molecule has 0 radical (unpaired) electrons. The maximum atomic E-state index is 6.25. The van der Waals surface area contributed by atoms with Gasteiger partial charge in [-0.25, -0.2) is 0 Å². The normalized spacial score (nSPS) is 11.2. The predicted octanol–water partition coefficient (Wildman–Crippen LogP) is 4.80. The average Bonchev–Trinajstić information content (AvgIpc) is 3.15. The van der Waals surface area contributed by atoms with Crippen LogP contribution < -0.4 is 0 Å². The van der Waals surface area contributed by atoms with E-state index in [0.717, 1.165) is 27.1 Å². The van der Waals surface area contributed by atoms with E-state index < -0.39 is 0 Å². The molecule has 2 aromatic heterocycles. The van der Waals surface area contributed by atoms with Crippen molar-refractivity contribution in [3.63, 3.8) is 0 Å². The predicted molar refractivity (Wildman–Crippen MR) is 95.1 cm³/mol. The molecule has 0 saturated heterocycles. The molecule has 4 nitrogen and oxygen atoms in total. The molecule has 0 N–H and O–H groups in total. The minimum Gasteiger partial charge on any atom is -0.186 e. The van der Waals surface area contributed by atoms with E-state index in [1.54, 1.807) is 16.3 Å². The van der Waals surface area contributed by atoms with E-state index in [1.165, 1.54) is 16.2 Å². The molecule has 2 heterocycles. The number of benzene rings is 2. The molecule has 0 bridgehead atoms. The van der Waals surface area contributed by atoms with Crippen molar-refractivity contribution < 1.29 is 0 Å². The lowest BCUT2D eigenvalue weighted by Gasteiger charge is -1.99. The standard InChI is InChI=1S/C16H11ClN4S2/c17-13-9-5-4-8-12(13)15-20-21-14(18-19-16(21)23-15)10-22-11-6-2-1-3-7-11/h1-9H,10H2. The molecule has 4 rings (SSSR count). The fraction of sp³-hybridized carbons (Fsp3) is 0.0625. The van der Waals surface area contributed by atoms with E-state index in [2.05, 4.69) is 27.4 Å². The molecule has 0 fully saturated rings. The number of aromatic nitrogens is 4. The van der Waals surface area contributed by atoms with Gasteiger partial charge in [0, 0.05) is 10.5 Å². The Labute approximate surface area is 146 Å². The lowest BCUT2D eigenvalue weighted by Crippen LogP contribution is -1.94. The fourth-order valence-electron chi connectivity index (χ4n) is 2.16. The largest absolute Gasteiger partial charge is 0.235 e. The van der Waals surface area contributed by atoms with Crippen molar-refractivity contribution in [3.8, 4) is 10.6 Å². The number of hydrogen-bond donors (Lipinski definition) is 0. The average molecular weight is 359 g/mol. The van der Waals surface area contributed by atoms with Crippen LogP contribution in [0.2, 0.25) is 5.02 Å². The van der Waals surface area contributed by atoms with Crippen LogP contribution in [-0.2, 0) is 5.75 Å². The van der Waals surface area contributed by atoms with Gasteiger partial charge < -0.3 is 0 Å². The van der Waals surface area contributed by atoms with Crippen LogP contribution in [0.5, 0.6) is 0 Å². The molecule has 0 aliphatic heterocycles. The van der Waals surface area contributed by atoms with Crippen LogP contribution in [0, 0.1) is 0 Å². The summed E-state index contributed by atoms with van der Waals surface area (Å²) in [5.74, 6) is 1.56. The van der Waals surface area contributed by atoms with E-state index in [1.807, 2.05) is 42.5 Å². The summed E-state index contributed by atoms with van der Waals surface area (Å²) in [6, 6.07) is 17.9. The Bertz CT molecular complexity index is 949. The monoisotopic (exact) mass is 358 g/mol. The molecule has 0 atom stereocenters. The van der Waals surface area contributed by atoms with Crippen LogP contribution in [0.1, 0.15) is 5.82 Å². The van der Waals surface area contributed by atoms with Gasteiger partial charge in [-0.15, -0.1) is 22.0 Å². The molecule has 0 aliphatic rings. The van der Waals surface area contributed by atoms with E-state index in [9.17, 15) is 0 Å². The molecule has 114 valence electrons. The second-order valence-electron chi connectivity index (χ2n) is 4.80. The summed E-state index contributed by atoms with van der Waals surface area (Å²) in [7, 11) is 0. The van der Waals surface area contributed by atoms with Crippen LogP contribution in [0.4, 0.5) is 0 Å². The van der Waals surface area contributed by atoms with Crippen molar-refractivity contribution in [3.05, 3.63) is 65.4 Å². The molecule has 0 amide bonds. The summed E-state index contributed by atoms with van der Waals surface area (Å²) in [6.07, 6.45) is 0. The van der Waals surface area contributed by atoms with Gasteiger partial charge in [0.1, 0.15) is 5.01 Å². The minimum atomic E-state index is 0.692. The minimum absolute atomic E-state index is 0.692. The summed E-state index contributed by atoms with van der Waals surface area (Å²) >= 11 is 9.46. The summed E-state index contributed by atoms with van der Waals surface area (Å²) < 4.78 is 1.80. The summed E-state index contributed by atoms with van der Waals surface area (Å²) in [5, 5.41) is 14.6. The summed E-state index contributed by atoms with van der Waals surface area (Å²) in [4.78, 5) is 1.98. The van der Waals surface area contributed by atoms with Gasteiger partial charge in [0.25, 0.3) is 0 Å². The highest BCUT2D eigenvalue weighted by atomic mass is 35.5. The van der Waals surface area contributed by atoms with Crippen LogP contribution in [0.25, 0.3) is 15.5 Å². The second kappa shape index (κ2) is 6.31. The molecule has 0 aliphatic carbocycles. The Morgan fingerprint density at radius 2 is 1.78 bits per heavy atom. The first-order chi connectivity index (χ1) is 11.3. The van der Waals surface area contributed by atoms with Crippen LogP contribution in [0.15, 0.2) is 59.5 Å². The number of halogens is 1. The van der Waals surface area contributed by atoms with Gasteiger partial charge in [0.2, 0.25) is 4.96 Å². The quantitative estimate of drug-likeness (QED) is 0.491. The Hall–Kier alpha value is -1.89. The number of hydrogen-bond acceptors (Lipinski definition) is 5. The molecule has 7 heteroatoms. The third-order valence-electron chi connectivity index (χ3n) is 3.27. The number of nitrogens with zero attached hydrogens (tertiary/aromatic N) is 4. The number of thioether (sulfide) groups is 1. The van der Waals surface area contributed by atoms with E-state index in [4.69, 9.17) is 11.6 Å². The van der Waals surface area contributed by atoms with Gasteiger partial charge >= 0.3 is 0 Å². The van der Waals surface area contributed by atoms with Crippen molar-refractivity contribution in [2.24, 2.45) is 0 Å². The molecular weight excluding hydrogens is 348 g/mol. The van der Waals surface area contributed by atoms with Crippen LogP contribution >= 0.6 is 34.7 Å². The number of rotatable bonds is 4. The Morgan fingerprint density at radius 3 is 2.61 bits per heavy atom. The fourth-order valence-corrected chi connectivity index (χ4v) is 4.16. The van der Waals surface area contributed by atoms with Gasteiger partial charge in [-0.05, 0) is 18.2 Å². The van der Waals surface area contributed by atoms with Crippen molar-refractivity contribution in [2.75, 3.05) is 0 Å². The highest BCUT2D eigenvalue weighted by Crippen LogP contribution is 2.31. The van der Waals surface area contributed by atoms with Crippen LogP contribution in [0.3, 0.4) is 0 Å². The summed E-state index contributed by atoms with van der Waals surface area (Å²) in [6.45, 7) is 0. The molecule has 23 heavy (non-hydrogen) atoms. The summed E-state index contributed by atoms with van der Waals surface area (Å²) in [5.41, 5.74) is 0.923.